The van der Waals surface area contributed by atoms with E-state index >= 15 is 0 Å². The number of carboxylic acid groups (broad SMARTS) is 2. The van der Waals surface area contributed by atoms with Gasteiger partial charge in [0.2, 0.25) is 0 Å². The molecule has 0 heterocycles. The van der Waals surface area contributed by atoms with Gasteiger partial charge in [0.1, 0.15) is 6.04 Å². The quantitative estimate of drug-likeness (QED) is 0.565. The van der Waals surface area contributed by atoms with Crippen molar-refractivity contribution in [3.05, 3.63) is 0 Å². The lowest BCUT2D eigenvalue weighted by molar-refractivity contribution is -0.140. The Bertz CT molecular complexity index is 431. The minimum atomic E-state index is -1.24. The number of carbonyl (C=O) groups excluding carboxylic acids is 1. The molecular weight excluding hydrogens is 276 g/mol. The van der Waals surface area contributed by atoms with Crippen molar-refractivity contribution in [2.45, 2.75) is 46.6 Å². The zero-order chi connectivity index (χ0) is 16.4. The second-order valence-electron chi connectivity index (χ2n) is 6.67. The molecule has 0 aliphatic heterocycles. The number of carbonyl (C=O) groups is 3. The molecule has 21 heavy (non-hydrogen) atoms. The summed E-state index contributed by atoms with van der Waals surface area (Å²) in [5.74, 6) is -2.00. The van der Waals surface area contributed by atoms with Crippen molar-refractivity contribution in [1.29, 1.82) is 0 Å². The minimum Gasteiger partial charge on any atom is -0.481 e. The van der Waals surface area contributed by atoms with Gasteiger partial charge in [-0.1, -0.05) is 27.7 Å². The number of rotatable bonds is 7. The zero-order valence-electron chi connectivity index (χ0n) is 12.9. The smallest absolute Gasteiger partial charge is 0.326 e. The van der Waals surface area contributed by atoms with Crippen LogP contribution in [0.25, 0.3) is 0 Å². The highest BCUT2D eigenvalue weighted by Gasteiger charge is 2.64. The zero-order valence-corrected chi connectivity index (χ0v) is 12.9. The first-order valence-corrected chi connectivity index (χ1v) is 6.99. The van der Waals surface area contributed by atoms with Crippen LogP contribution in [0.5, 0.6) is 0 Å². The second-order valence-corrected chi connectivity index (χ2v) is 6.67. The van der Waals surface area contributed by atoms with E-state index in [1.54, 1.807) is 0 Å². The van der Waals surface area contributed by atoms with E-state index in [0.717, 1.165) is 0 Å². The third-order valence-corrected chi connectivity index (χ3v) is 5.04. The molecule has 4 N–H and O–H groups in total. The Kier molecular flexibility index (Phi) is 4.86. The molecule has 7 nitrogen and oxygen atoms in total. The predicted molar refractivity (Wildman–Crippen MR) is 75.9 cm³/mol. The van der Waals surface area contributed by atoms with Crippen LogP contribution in [0.1, 0.15) is 40.5 Å². The van der Waals surface area contributed by atoms with Crippen LogP contribution in [0.4, 0.5) is 4.79 Å². The number of carboxylic acids is 2. The standard InChI is InChI=1S/C14H24N2O5/c1-13(2)9(14(13,3)4)7-15-12(21)16-8(11(19)20)5-6-10(17)18/h8-9H,5-7H2,1-4H3,(H,17,18)(H,19,20)(H2,15,16,21). The van der Waals surface area contributed by atoms with E-state index in [4.69, 9.17) is 10.2 Å². The Hall–Kier alpha value is -1.79. The third kappa shape index (κ3) is 3.86. The SMILES string of the molecule is CC1(C)C(CNC(=O)NC(CCC(=O)O)C(=O)O)C1(C)C. The molecule has 1 saturated carbocycles. The molecule has 1 aliphatic carbocycles. The highest BCUT2D eigenvalue weighted by Crippen LogP contribution is 2.67. The summed E-state index contributed by atoms with van der Waals surface area (Å²) in [6, 6.07) is -1.77. The molecule has 0 aromatic heterocycles. The summed E-state index contributed by atoms with van der Waals surface area (Å²) in [5, 5.41) is 22.5. The van der Waals surface area contributed by atoms with Crippen molar-refractivity contribution in [3.8, 4) is 0 Å². The number of amides is 2. The van der Waals surface area contributed by atoms with E-state index in [9.17, 15) is 14.4 Å². The molecule has 120 valence electrons. The molecule has 1 rings (SSSR count). The number of hydrogen-bond acceptors (Lipinski definition) is 3. The number of hydrogen-bond donors (Lipinski definition) is 4. The molecular formula is C14H24N2O5. The fraction of sp³-hybridized carbons (Fsp3) is 0.786. The first-order chi connectivity index (χ1) is 9.50. The van der Waals surface area contributed by atoms with Gasteiger partial charge in [0.05, 0.1) is 0 Å². The number of nitrogens with one attached hydrogen (secondary N) is 2. The van der Waals surface area contributed by atoms with Crippen LogP contribution < -0.4 is 10.6 Å². The van der Waals surface area contributed by atoms with Gasteiger partial charge in [-0.15, -0.1) is 0 Å². The normalized spacial score (nSPS) is 20.4. The summed E-state index contributed by atoms with van der Waals surface area (Å²) in [5.41, 5.74) is 0.269. The van der Waals surface area contributed by atoms with Gasteiger partial charge >= 0.3 is 18.0 Å². The Morgan fingerprint density at radius 3 is 2.00 bits per heavy atom. The molecule has 2 amide bonds. The maximum atomic E-state index is 11.7. The molecule has 0 saturated heterocycles. The molecule has 1 unspecified atom stereocenters. The summed E-state index contributed by atoms with van der Waals surface area (Å²) in [7, 11) is 0. The predicted octanol–water partition coefficient (Wildman–Crippen LogP) is 1.29. The Morgan fingerprint density at radius 2 is 1.62 bits per heavy atom. The van der Waals surface area contributed by atoms with Gasteiger partial charge in [0.15, 0.2) is 0 Å². The monoisotopic (exact) mass is 300 g/mol. The molecule has 1 fully saturated rings. The average Bonchev–Trinajstić information content (AvgIpc) is 2.72. The largest absolute Gasteiger partial charge is 0.481 e. The summed E-state index contributed by atoms with van der Waals surface area (Å²) in [4.78, 5) is 33.1. The molecule has 0 bridgehead atoms. The van der Waals surface area contributed by atoms with Crippen molar-refractivity contribution in [1.82, 2.24) is 10.6 Å². The topological polar surface area (TPSA) is 116 Å². The first-order valence-electron chi connectivity index (χ1n) is 6.99. The fourth-order valence-corrected chi connectivity index (χ4v) is 2.77. The van der Waals surface area contributed by atoms with Gasteiger partial charge in [-0.05, 0) is 23.2 Å². The van der Waals surface area contributed by atoms with Gasteiger partial charge in [-0.2, -0.15) is 0 Å². The van der Waals surface area contributed by atoms with Crippen molar-refractivity contribution in [3.63, 3.8) is 0 Å². The van der Waals surface area contributed by atoms with E-state index in [2.05, 4.69) is 38.3 Å². The minimum absolute atomic E-state index is 0.135. The van der Waals surface area contributed by atoms with E-state index in [0.29, 0.717) is 12.5 Å². The highest BCUT2D eigenvalue weighted by atomic mass is 16.4. The second kappa shape index (κ2) is 5.91. The summed E-state index contributed by atoms with van der Waals surface area (Å²) >= 11 is 0. The molecule has 1 aliphatic rings. The lowest BCUT2D eigenvalue weighted by Crippen LogP contribution is -2.46. The van der Waals surface area contributed by atoms with E-state index in [-0.39, 0.29) is 23.7 Å². The van der Waals surface area contributed by atoms with Crippen molar-refractivity contribution in [2.24, 2.45) is 16.7 Å². The van der Waals surface area contributed by atoms with Gasteiger partial charge in [0, 0.05) is 13.0 Å². The first kappa shape index (κ1) is 17.3. The molecule has 0 radical (unpaired) electrons. The average molecular weight is 300 g/mol. The maximum Gasteiger partial charge on any atom is 0.326 e. The third-order valence-electron chi connectivity index (χ3n) is 5.04. The Labute approximate surface area is 124 Å². The van der Waals surface area contributed by atoms with E-state index < -0.39 is 24.0 Å². The Morgan fingerprint density at radius 1 is 1.10 bits per heavy atom. The summed E-state index contributed by atoms with van der Waals surface area (Å²) < 4.78 is 0. The maximum absolute atomic E-state index is 11.7. The van der Waals surface area contributed by atoms with Gasteiger partial charge in [-0.3, -0.25) is 4.79 Å². The van der Waals surface area contributed by atoms with Crippen molar-refractivity contribution >= 4 is 18.0 Å². The van der Waals surface area contributed by atoms with Gasteiger partial charge in [0.25, 0.3) is 0 Å². The van der Waals surface area contributed by atoms with Crippen molar-refractivity contribution in [2.75, 3.05) is 6.54 Å². The molecule has 7 heteroatoms. The van der Waals surface area contributed by atoms with Gasteiger partial charge < -0.3 is 20.8 Å². The molecule has 0 aromatic carbocycles. The lowest BCUT2D eigenvalue weighted by Gasteiger charge is -2.14. The highest BCUT2D eigenvalue weighted by molar-refractivity contribution is 5.83. The summed E-state index contributed by atoms with van der Waals surface area (Å²) in [6.07, 6.45) is -0.446. The summed E-state index contributed by atoms with van der Waals surface area (Å²) in [6.45, 7) is 8.99. The van der Waals surface area contributed by atoms with Gasteiger partial charge in [-0.25, -0.2) is 9.59 Å². The van der Waals surface area contributed by atoms with E-state index in [1.165, 1.54) is 0 Å². The van der Waals surface area contributed by atoms with Crippen LogP contribution >= 0.6 is 0 Å². The fourth-order valence-electron chi connectivity index (χ4n) is 2.77. The molecule has 0 spiro atoms. The lowest BCUT2D eigenvalue weighted by atomic mass is 10.0. The van der Waals surface area contributed by atoms with E-state index in [1.807, 2.05) is 0 Å². The van der Waals surface area contributed by atoms with Crippen molar-refractivity contribution < 1.29 is 24.6 Å². The molecule has 0 aromatic rings. The van der Waals surface area contributed by atoms with Crippen LogP contribution in [-0.4, -0.2) is 40.8 Å². The molecule has 1 atom stereocenters. The Balaban J connectivity index is 2.41. The van der Waals surface area contributed by atoms with Crippen LogP contribution in [-0.2, 0) is 9.59 Å². The number of aliphatic carboxylic acids is 2. The van der Waals surface area contributed by atoms with Crippen LogP contribution in [0.2, 0.25) is 0 Å². The van der Waals surface area contributed by atoms with Crippen LogP contribution in [0.15, 0.2) is 0 Å². The number of urea groups is 1. The van der Waals surface area contributed by atoms with Crippen LogP contribution in [0.3, 0.4) is 0 Å². The van der Waals surface area contributed by atoms with Crippen LogP contribution in [0, 0.1) is 16.7 Å².